The van der Waals surface area contributed by atoms with Gasteiger partial charge in [0.15, 0.2) is 11.5 Å². The number of cyclic esters (lactones) is 1. The SMILES string of the molecule is COc1ccc(CNC(=O)Nc2ccc(CN3CCOC3=O)cc2)cc1O. The number of nitrogens with one attached hydrogen (secondary N) is 2. The Balaban J connectivity index is 1.49. The number of hydrogen-bond donors (Lipinski definition) is 3. The summed E-state index contributed by atoms with van der Waals surface area (Å²) in [7, 11) is 1.47. The number of anilines is 1. The maximum Gasteiger partial charge on any atom is 0.410 e. The van der Waals surface area contributed by atoms with Gasteiger partial charge in [0.05, 0.1) is 13.7 Å². The van der Waals surface area contributed by atoms with Gasteiger partial charge < -0.3 is 30.1 Å². The molecule has 0 atom stereocenters. The second kappa shape index (κ2) is 8.31. The summed E-state index contributed by atoms with van der Waals surface area (Å²) in [5.41, 5.74) is 2.34. The van der Waals surface area contributed by atoms with Gasteiger partial charge in [-0.05, 0) is 35.4 Å². The van der Waals surface area contributed by atoms with E-state index in [1.165, 1.54) is 13.2 Å². The fourth-order valence-corrected chi connectivity index (χ4v) is 2.69. The maximum atomic E-state index is 12.0. The summed E-state index contributed by atoms with van der Waals surface area (Å²) in [5, 5.41) is 15.2. The van der Waals surface area contributed by atoms with E-state index in [-0.39, 0.29) is 24.4 Å². The first kappa shape index (κ1) is 18.4. The average Bonchev–Trinajstić information content (AvgIpc) is 3.06. The molecule has 3 amide bonds. The number of urea groups is 1. The lowest BCUT2D eigenvalue weighted by Gasteiger charge is -2.13. The predicted octanol–water partition coefficient (Wildman–Crippen LogP) is 2.67. The number of nitrogens with zero attached hydrogens (tertiary/aromatic N) is 1. The molecule has 1 aliphatic rings. The van der Waals surface area contributed by atoms with Crippen LogP contribution in [0.15, 0.2) is 42.5 Å². The first-order valence-electron chi connectivity index (χ1n) is 8.46. The molecule has 0 aromatic heterocycles. The number of rotatable bonds is 6. The van der Waals surface area contributed by atoms with Gasteiger partial charge in [0.25, 0.3) is 0 Å². The quantitative estimate of drug-likeness (QED) is 0.725. The topological polar surface area (TPSA) is 100 Å². The third kappa shape index (κ3) is 4.81. The third-order valence-corrected chi connectivity index (χ3v) is 4.13. The van der Waals surface area contributed by atoms with Crippen LogP contribution in [0.3, 0.4) is 0 Å². The van der Waals surface area contributed by atoms with Crippen LogP contribution in [0.2, 0.25) is 0 Å². The molecule has 1 fully saturated rings. The van der Waals surface area contributed by atoms with Crippen molar-refractivity contribution in [3.8, 4) is 11.5 Å². The molecule has 3 N–H and O–H groups in total. The Morgan fingerprint density at radius 3 is 2.59 bits per heavy atom. The summed E-state index contributed by atoms with van der Waals surface area (Å²) in [6.07, 6.45) is -0.304. The highest BCUT2D eigenvalue weighted by atomic mass is 16.6. The van der Waals surface area contributed by atoms with Crippen molar-refractivity contribution in [3.05, 3.63) is 53.6 Å². The molecular weight excluding hydrogens is 350 g/mol. The highest BCUT2D eigenvalue weighted by Crippen LogP contribution is 2.26. The molecule has 0 aliphatic carbocycles. The minimum Gasteiger partial charge on any atom is -0.504 e. The average molecular weight is 371 g/mol. The summed E-state index contributed by atoms with van der Waals surface area (Å²) in [6, 6.07) is 11.8. The Labute approximate surface area is 156 Å². The van der Waals surface area contributed by atoms with Crippen molar-refractivity contribution in [3.63, 3.8) is 0 Å². The largest absolute Gasteiger partial charge is 0.504 e. The fourth-order valence-electron chi connectivity index (χ4n) is 2.69. The lowest BCUT2D eigenvalue weighted by Crippen LogP contribution is -2.28. The Hall–Kier alpha value is -3.42. The molecule has 2 aromatic rings. The van der Waals surface area contributed by atoms with E-state index in [0.29, 0.717) is 31.1 Å². The van der Waals surface area contributed by atoms with Crippen LogP contribution in [-0.2, 0) is 17.8 Å². The van der Waals surface area contributed by atoms with Crippen LogP contribution in [0.4, 0.5) is 15.3 Å². The maximum absolute atomic E-state index is 12.0. The molecule has 0 saturated carbocycles. The summed E-state index contributed by atoms with van der Waals surface area (Å²) in [5.74, 6) is 0.403. The van der Waals surface area contributed by atoms with E-state index in [1.54, 1.807) is 29.2 Å². The molecule has 0 radical (unpaired) electrons. The van der Waals surface area contributed by atoms with Crippen LogP contribution in [0.5, 0.6) is 11.5 Å². The fraction of sp³-hybridized carbons (Fsp3) is 0.263. The van der Waals surface area contributed by atoms with Crippen molar-refractivity contribution in [2.75, 3.05) is 25.6 Å². The number of amides is 3. The monoisotopic (exact) mass is 371 g/mol. The number of benzene rings is 2. The van der Waals surface area contributed by atoms with Crippen molar-refractivity contribution in [1.82, 2.24) is 10.2 Å². The Bertz CT molecular complexity index is 823. The molecular formula is C19H21N3O5. The molecule has 1 heterocycles. The molecule has 0 spiro atoms. The second-order valence-corrected chi connectivity index (χ2v) is 6.05. The van der Waals surface area contributed by atoms with Crippen molar-refractivity contribution in [1.29, 1.82) is 0 Å². The highest BCUT2D eigenvalue weighted by Gasteiger charge is 2.21. The van der Waals surface area contributed by atoms with Crippen molar-refractivity contribution >= 4 is 17.8 Å². The van der Waals surface area contributed by atoms with Crippen LogP contribution in [0.1, 0.15) is 11.1 Å². The minimum absolute atomic E-state index is 0.0229. The lowest BCUT2D eigenvalue weighted by molar-refractivity contribution is 0.157. The van der Waals surface area contributed by atoms with E-state index < -0.39 is 0 Å². The van der Waals surface area contributed by atoms with Gasteiger partial charge in [-0.3, -0.25) is 0 Å². The van der Waals surface area contributed by atoms with Crippen molar-refractivity contribution in [2.24, 2.45) is 0 Å². The summed E-state index contributed by atoms with van der Waals surface area (Å²) >= 11 is 0. The molecule has 0 unspecified atom stereocenters. The normalized spacial score (nSPS) is 13.2. The van der Waals surface area contributed by atoms with Crippen LogP contribution in [0, 0.1) is 0 Å². The molecule has 27 heavy (non-hydrogen) atoms. The molecule has 1 saturated heterocycles. The van der Waals surface area contributed by atoms with Crippen LogP contribution < -0.4 is 15.4 Å². The standard InChI is InChI=1S/C19H21N3O5/c1-26-17-7-4-14(10-16(17)23)11-20-18(24)21-15-5-2-13(3-6-15)12-22-8-9-27-19(22)25/h2-7,10,23H,8-9,11-12H2,1H3,(H2,20,21,24). The molecule has 2 aromatic carbocycles. The number of ether oxygens (including phenoxy) is 2. The number of carbonyl (C=O) groups is 2. The molecule has 1 aliphatic heterocycles. The highest BCUT2D eigenvalue weighted by molar-refractivity contribution is 5.89. The number of methoxy groups -OCH3 is 1. The lowest BCUT2D eigenvalue weighted by atomic mass is 10.2. The Kier molecular flexibility index (Phi) is 5.65. The van der Waals surface area contributed by atoms with Gasteiger partial charge in [-0.1, -0.05) is 18.2 Å². The number of hydrogen-bond acceptors (Lipinski definition) is 5. The summed E-state index contributed by atoms with van der Waals surface area (Å²) in [4.78, 5) is 25.1. The third-order valence-electron chi connectivity index (χ3n) is 4.13. The van der Waals surface area contributed by atoms with E-state index in [2.05, 4.69) is 10.6 Å². The van der Waals surface area contributed by atoms with E-state index in [1.807, 2.05) is 12.1 Å². The number of aromatic hydroxyl groups is 1. The van der Waals surface area contributed by atoms with E-state index in [4.69, 9.17) is 9.47 Å². The molecule has 3 rings (SSSR count). The molecule has 142 valence electrons. The van der Waals surface area contributed by atoms with Gasteiger partial charge in [0, 0.05) is 18.8 Å². The van der Waals surface area contributed by atoms with E-state index >= 15 is 0 Å². The zero-order valence-electron chi connectivity index (χ0n) is 14.9. The van der Waals surface area contributed by atoms with Crippen molar-refractivity contribution < 1.29 is 24.2 Å². The minimum atomic E-state index is -0.360. The summed E-state index contributed by atoms with van der Waals surface area (Å²) < 4.78 is 9.88. The first-order valence-corrected chi connectivity index (χ1v) is 8.46. The smallest absolute Gasteiger partial charge is 0.410 e. The predicted molar refractivity (Wildman–Crippen MR) is 98.7 cm³/mol. The van der Waals surface area contributed by atoms with E-state index in [9.17, 15) is 14.7 Å². The zero-order valence-corrected chi connectivity index (χ0v) is 14.9. The second-order valence-electron chi connectivity index (χ2n) is 6.05. The molecule has 8 heteroatoms. The van der Waals surface area contributed by atoms with E-state index in [0.717, 1.165) is 11.1 Å². The van der Waals surface area contributed by atoms with Gasteiger partial charge in [-0.15, -0.1) is 0 Å². The van der Waals surface area contributed by atoms with Gasteiger partial charge in [-0.25, -0.2) is 9.59 Å². The Morgan fingerprint density at radius 1 is 1.22 bits per heavy atom. The van der Waals surface area contributed by atoms with Gasteiger partial charge in [-0.2, -0.15) is 0 Å². The van der Waals surface area contributed by atoms with Crippen LogP contribution >= 0.6 is 0 Å². The first-order chi connectivity index (χ1) is 13.0. The molecule has 0 bridgehead atoms. The van der Waals surface area contributed by atoms with Crippen LogP contribution in [0.25, 0.3) is 0 Å². The number of phenols is 1. The van der Waals surface area contributed by atoms with Crippen molar-refractivity contribution in [2.45, 2.75) is 13.1 Å². The van der Waals surface area contributed by atoms with Gasteiger partial charge in [0.2, 0.25) is 0 Å². The van der Waals surface area contributed by atoms with Gasteiger partial charge >= 0.3 is 12.1 Å². The summed E-state index contributed by atoms with van der Waals surface area (Å²) in [6.45, 7) is 1.75. The zero-order chi connectivity index (χ0) is 19.2. The van der Waals surface area contributed by atoms with Gasteiger partial charge in [0.1, 0.15) is 6.61 Å². The van der Waals surface area contributed by atoms with Crippen LogP contribution in [-0.4, -0.2) is 42.4 Å². The Morgan fingerprint density at radius 2 is 1.96 bits per heavy atom. The number of phenolic OH excluding ortho intramolecular Hbond substituents is 1. The molecule has 8 nitrogen and oxygen atoms in total. The number of carbonyl (C=O) groups excluding carboxylic acids is 2.